The van der Waals surface area contributed by atoms with Gasteiger partial charge in [-0.25, -0.2) is 0 Å². The topological polar surface area (TPSA) is 57.4 Å². The predicted molar refractivity (Wildman–Crippen MR) is 145 cm³/mol. The summed E-state index contributed by atoms with van der Waals surface area (Å²) in [7, 11) is 0. The fraction of sp³-hybridized carbons (Fsp3) is 0.226. The van der Waals surface area contributed by atoms with Crippen molar-refractivity contribution >= 4 is 21.7 Å². The normalized spacial score (nSPS) is 13.3. The summed E-state index contributed by atoms with van der Waals surface area (Å²) in [6.07, 6.45) is 0.199. The summed E-state index contributed by atoms with van der Waals surface area (Å²) in [4.78, 5) is 0. The van der Waals surface area contributed by atoms with E-state index < -0.39 is 6.10 Å². The van der Waals surface area contributed by atoms with E-state index >= 15 is 0 Å². The van der Waals surface area contributed by atoms with E-state index in [4.69, 9.17) is 0 Å². The lowest BCUT2D eigenvalue weighted by molar-refractivity contribution is 0.141. The van der Waals surface area contributed by atoms with Crippen molar-refractivity contribution in [2.75, 3.05) is 13.2 Å². The second-order valence-corrected chi connectivity index (χ2v) is 9.10. The zero-order valence-corrected chi connectivity index (χ0v) is 20.1. The number of fused-ring (bicyclic) bond motifs is 3. The Morgan fingerprint density at radius 2 is 1.43 bits per heavy atom. The number of nitrogens with zero attached hydrogens (tertiary/aromatic N) is 1. The molecule has 4 aromatic carbocycles. The maximum Gasteiger partial charge on any atom is 0.0843 e. The average molecular weight is 465 g/mol. The first-order valence-electron chi connectivity index (χ1n) is 12.4. The van der Waals surface area contributed by atoms with Gasteiger partial charge in [0.1, 0.15) is 0 Å². The van der Waals surface area contributed by atoms with Crippen LogP contribution in [0.3, 0.4) is 0 Å². The SMILES string of the molecule is CCC(CO)NCC(O)Cn1c(-c2ccccc2)c(-c2ccccc2)c2ccc3ccccc3c21. The Morgan fingerprint density at radius 1 is 0.771 bits per heavy atom. The number of nitrogens with one attached hydrogen (secondary N) is 1. The Morgan fingerprint density at radius 3 is 2.11 bits per heavy atom. The molecule has 2 atom stereocenters. The van der Waals surface area contributed by atoms with Gasteiger partial charge in [-0.3, -0.25) is 0 Å². The molecule has 5 rings (SSSR count). The fourth-order valence-corrected chi connectivity index (χ4v) is 5.01. The zero-order chi connectivity index (χ0) is 24.2. The molecule has 1 aromatic heterocycles. The molecule has 0 aliphatic carbocycles. The molecule has 1 heterocycles. The number of benzene rings is 4. The summed E-state index contributed by atoms with van der Waals surface area (Å²) in [5.41, 5.74) is 5.70. The third kappa shape index (κ3) is 4.61. The lowest BCUT2D eigenvalue weighted by atomic mass is 9.97. The van der Waals surface area contributed by atoms with Crippen molar-refractivity contribution < 1.29 is 10.2 Å². The van der Waals surface area contributed by atoms with E-state index in [9.17, 15) is 10.2 Å². The van der Waals surface area contributed by atoms with E-state index in [0.717, 1.165) is 28.8 Å². The molecule has 2 unspecified atom stereocenters. The summed E-state index contributed by atoms with van der Waals surface area (Å²) in [6, 6.07) is 33.8. The van der Waals surface area contributed by atoms with E-state index in [1.165, 1.54) is 21.7 Å². The molecule has 0 aliphatic heterocycles. The minimum atomic E-state index is -0.615. The molecule has 3 N–H and O–H groups in total. The van der Waals surface area contributed by atoms with Gasteiger partial charge >= 0.3 is 0 Å². The van der Waals surface area contributed by atoms with Gasteiger partial charge < -0.3 is 20.1 Å². The highest BCUT2D eigenvalue weighted by molar-refractivity contribution is 6.15. The predicted octanol–water partition coefficient (Wildman–Crippen LogP) is 5.85. The standard InChI is InChI=1S/C31H32N2O2/c1-2-25(21-34)32-19-26(35)20-33-30(24-14-7-4-8-15-24)29(23-12-5-3-6-13-23)28-18-17-22-11-9-10-16-27(22)31(28)33/h3-18,25-26,32,34-35H,2,19-21H2,1H3. The molecule has 4 heteroatoms. The monoisotopic (exact) mass is 464 g/mol. The Labute approximate surface area is 206 Å². The second kappa shape index (κ2) is 10.4. The molecule has 0 saturated carbocycles. The maximum absolute atomic E-state index is 11.2. The summed E-state index contributed by atoms with van der Waals surface area (Å²) in [5.74, 6) is 0. The van der Waals surface area contributed by atoms with Crippen LogP contribution in [0.5, 0.6) is 0 Å². The first kappa shape index (κ1) is 23.3. The van der Waals surface area contributed by atoms with Crippen LogP contribution in [0.4, 0.5) is 0 Å². The van der Waals surface area contributed by atoms with Crippen molar-refractivity contribution in [2.24, 2.45) is 0 Å². The van der Waals surface area contributed by atoms with E-state index in [0.29, 0.717) is 13.1 Å². The maximum atomic E-state index is 11.2. The largest absolute Gasteiger partial charge is 0.395 e. The van der Waals surface area contributed by atoms with Crippen LogP contribution in [0.25, 0.3) is 44.1 Å². The molecule has 0 spiro atoms. The first-order chi connectivity index (χ1) is 17.2. The van der Waals surface area contributed by atoms with Crippen molar-refractivity contribution in [1.29, 1.82) is 0 Å². The molecule has 5 aromatic rings. The van der Waals surface area contributed by atoms with Crippen LogP contribution in [-0.4, -0.2) is 40.1 Å². The van der Waals surface area contributed by atoms with Gasteiger partial charge in [0.2, 0.25) is 0 Å². The quantitative estimate of drug-likeness (QED) is 0.256. The van der Waals surface area contributed by atoms with Gasteiger partial charge in [0, 0.05) is 28.9 Å². The van der Waals surface area contributed by atoms with E-state index in [-0.39, 0.29) is 12.6 Å². The molecule has 0 bridgehead atoms. The fourth-order valence-electron chi connectivity index (χ4n) is 5.01. The number of aromatic nitrogens is 1. The third-order valence-electron chi connectivity index (χ3n) is 6.80. The molecule has 35 heavy (non-hydrogen) atoms. The Bertz CT molecular complexity index is 1410. The van der Waals surface area contributed by atoms with E-state index in [2.05, 4.69) is 94.8 Å². The van der Waals surface area contributed by atoms with Crippen LogP contribution in [0.15, 0.2) is 97.1 Å². The molecule has 0 fully saturated rings. The first-order valence-corrected chi connectivity index (χ1v) is 12.4. The number of aliphatic hydroxyl groups is 2. The van der Waals surface area contributed by atoms with Crippen LogP contribution in [0, 0.1) is 0 Å². The van der Waals surface area contributed by atoms with Gasteiger partial charge in [-0.15, -0.1) is 0 Å². The molecular formula is C31H32N2O2. The van der Waals surface area contributed by atoms with E-state index in [1.54, 1.807) is 0 Å². The van der Waals surface area contributed by atoms with Crippen molar-refractivity contribution in [3.05, 3.63) is 97.1 Å². The van der Waals surface area contributed by atoms with Crippen molar-refractivity contribution in [2.45, 2.75) is 32.0 Å². The minimum Gasteiger partial charge on any atom is -0.395 e. The Hall–Kier alpha value is -3.44. The van der Waals surface area contributed by atoms with E-state index in [1.807, 2.05) is 19.1 Å². The average Bonchev–Trinajstić information content (AvgIpc) is 3.24. The highest BCUT2D eigenvalue weighted by atomic mass is 16.3. The third-order valence-corrected chi connectivity index (χ3v) is 6.80. The lowest BCUT2D eigenvalue weighted by Gasteiger charge is -2.20. The molecular weight excluding hydrogens is 432 g/mol. The second-order valence-electron chi connectivity index (χ2n) is 9.10. The van der Waals surface area contributed by atoms with Gasteiger partial charge in [0.05, 0.1) is 30.5 Å². The molecule has 4 nitrogen and oxygen atoms in total. The molecule has 0 amide bonds. The highest BCUT2D eigenvalue weighted by Crippen LogP contribution is 2.43. The van der Waals surface area contributed by atoms with Gasteiger partial charge in [-0.2, -0.15) is 0 Å². The number of rotatable bonds is 9. The summed E-state index contributed by atoms with van der Waals surface area (Å²) >= 11 is 0. The lowest BCUT2D eigenvalue weighted by Crippen LogP contribution is -2.39. The number of hydrogen-bond donors (Lipinski definition) is 3. The minimum absolute atomic E-state index is 0.0136. The van der Waals surface area contributed by atoms with Crippen LogP contribution < -0.4 is 5.32 Å². The van der Waals surface area contributed by atoms with Gasteiger partial charge in [0.15, 0.2) is 0 Å². The van der Waals surface area contributed by atoms with Crippen molar-refractivity contribution in [3.8, 4) is 22.4 Å². The Kier molecular flexibility index (Phi) is 6.96. The van der Waals surface area contributed by atoms with Crippen molar-refractivity contribution in [1.82, 2.24) is 9.88 Å². The number of hydrogen-bond acceptors (Lipinski definition) is 3. The molecule has 0 saturated heterocycles. The van der Waals surface area contributed by atoms with Crippen LogP contribution >= 0.6 is 0 Å². The van der Waals surface area contributed by atoms with Crippen LogP contribution in [0.2, 0.25) is 0 Å². The number of aliphatic hydroxyl groups excluding tert-OH is 2. The highest BCUT2D eigenvalue weighted by Gasteiger charge is 2.23. The Balaban J connectivity index is 1.75. The summed E-state index contributed by atoms with van der Waals surface area (Å²) < 4.78 is 2.29. The molecule has 178 valence electrons. The molecule has 0 aliphatic rings. The van der Waals surface area contributed by atoms with Crippen LogP contribution in [0.1, 0.15) is 13.3 Å². The summed E-state index contributed by atoms with van der Waals surface area (Å²) in [6.45, 7) is 2.95. The van der Waals surface area contributed by atoms with Crippen molar-refractivity contribution in [3.63, 3.8) is 0 Å². The van der Waals surface area contributed by atoms with Crippen LogP contribution in [-0.2, 0) is 6.54 Å². The summed E-state index contributed by atoms with van der Waals surface area (Å²) in [5, 5.41) is 27.6. The van der Waals surface area contributed by atoms with Gasteiger partial charge in [0.25, 0.3) is 0 Å². The van der Waals surface area contributed by atoms with Gasteiger partial charge in [-0.1, -0.05) is 104 Å². The zero-order valence-electron chi connectivity index (χ0n) is 20.1. The smallest absolute Gasteiger partial charge is 0.0843 e. The van der Waals surface area contributed by atoms with Gasteiger partial charge in [-0.05, 0) is 22.9 Å². The molecule has 0 radical (unpaired) electrons.